The second-order valence-corrected chi connectivity index (χ2v) is 11.2. The van der Waals surface area contributed by atoms with Crippen molar-refractivity contribution in [2.45, 2.75) is 58.2 Å². The zero-order valence-corrected chi connectivity index (χ0v) is 21.7. The van der Waals surface area contributed by atoms with Crippen molar-refractivity contribution in [2.24, 2.45) is 34.5 Å². The molecule has 0 bridgehead atoms. The Kier molecular flexibility index (Phi) is 6.84. The van der Waals surface area contributed by atoms with E-state index in [0.717, 1.165) is 0 Å². The summed E-state index contributed by atoms with van der Waals surface area (Å²) in [7, 11) is -5.00. The van der Waals surface area contributed by atoms with Crippen molar-refractivity contribution in [3.8, 4) is 0 Å². The number of aliphatic hydroxyl groups is 1. The molecule has 7 nitrogen and oxygen atoms in total. The van der Waals surface area contributed by atoms with Crippen LogP contribution in [-0.2, 0) is 24.2 Å². The molecule has 0 spiro atoms. The maximum Gasteiger partial charge on any atom is 1.00 e. The summed E-state index contributed by atoms with van der Waals surface area (Å²) in [4.78, 5) is 24.7. The van der Waals surface area contributed by atoms with Crippen LogP contribution in [0.15, 0.2) is 23.8 Å². The predicted molar refractivity (Wildman–Crippen MR) is 107 cm³/mol. The van der Waals surface area contributed by atoms with E-state index in [1.54, 1.807) is 13.0 Å². The van der Waals surface area contributed by atoms with Crippen LogP contribution in [0.25, 0.3) is 0 Å². The Balaban J connectivity index is 0.00000289. The van der Waals surface area contributed by atoms with Crippen LogP contribution < -0.4 is 29.6 Å². The number of hydrogen-bond donors (Lipinski definition) is 1. The van der Waals surface area contributed by atoms with Crippen molar-refractivity contribution in [3.05, 3.63) is 23.8 Å². The number of fused-ring (bicyclic) bond motifs is 5. The molecule has 0 amide bonds. The van der Waals surface area contributed by atoms with E-state index in [-0.39, 0.29) is 53.6 Å². The van der Waals surface area contributed by atoms with Gasteiger partial charge in [-0.3, -0.25) is 13.8 Å². The van der Waals surface area contributed by atoms with Crippen molar-refractivity contribution in [1.29, 1.82) is 0 Å². The molecule has 0 aromatic rings. The van der Waals surface area contributed by atoms with Crippen LogP contribution >= 0.6 is 0 Å². The minimum Gasteiger partial charge on any atom is -0.726 e. The number of carbonyl (C=O) groups is 2. The van der Waals surface area contributed by atoms with Crippen LogP contribution in [0.3, 0.4) is 0 Å². The van der Waals surface area contributed by atoms with E-state index in [9.17, 15) is 27.7 Å². The van der Waals surface area contributed by atoms with Gasteiger partial charge in [-0.1, -0.05) is 25.5 Å². The number of alkyl halides is 1. The first-order valence-corrected chi connectivity index (χ1v) is 12.0. The van der Waals surface area contributed by atoms with Crippen molar-refractivity contribution in [3.63, 3.8) is 0 Å². The number of hydrogen-bond acceptors (Lipinski definition) is 7. The van der Waals surface area contributed by atoms with Gasteiger partial charge in [0.05, 0.1) is 6.10 Å². The van der Waals surface area contributed by atoms with Crippen molar-refractivity contribution < 1.29 is 65.8 Å². The molecule has 0 saturated heterocycles. The standard InChI is InChI=1S/C22H29FO7S.Na/c1-12-8-16-15-5-4-13-9-14(24)6-7-21(13,3)22(15,23)18(26)10-20(16,2)19(12)17(25)11-30-31(27,28)29;/h6-7,9,12,15-16,18-19,26H,4-5,8,10-11H2,1-3H3,(H,27,28,29);/q;+1/p-1/t12-,15+,16+,18+,19-,20+,21+,22+;/m1./s1. The maximum absolute atomic E-state index is 16.9. The van der Waals surface area contributed by atoms with Crippen molar-refractivity contribution in [1.82, 2.24) is 0 Å². The van der Waals surface area contributed by atoms with Gasteiger partial charge in [-0.25, -0.2) is 12.8 Å². The summed E-state index contributed by atoms with van der Waals surface area (Å²) in [5, 5.41) is 11.2. The van der Waals surface area contributed by atoms with E-state index in [1.807, 2.05) is 13.8 Å². The predicted octanol–water partition coefficient (Wildman–Crippen LogP) is -0.731. The Hall–Kier alpha value is -0.420. The van der Waals surface area contributed by atoms with E-state index in [0.29, 0.717) is 24.8 Å². The summed E-state index contributed by atoms with van der Waals surface area (Å²) in [6.45, 7) is 4.60. The molecule has 0 radical (unpaired) electrons. The van der Waals surface area contributed by atoms with Gasteiger partial charge in [0, 0.05) is 17.3 Å². The fourth-order valence-electron chi connectivity index (χ4n) is 7.48. The largest absolute Gasteiger partial charge is 1.00 e. The Bertz CT molecular complexity index is 994. The van der Waals surface area contributed by atoms with Crippen molar-refractivity contribution >= 4 is 22.0 Å². The molecule has 0 aromatic carbocycles. The van der Waals surface area contributed by atoms with Crippen LogP contribution in [0.1, 0.15) is 46.5 Å². The van der Waals surface area contributed by atoms with Gasteiger partial charge in [-0.2, -0.15) is 0 Å². The van der Waals surface area contributed by atoms with Gasteiger partial charge in [-0.05, 0) is 62.0 Å². The third-order valence-corrected chi connectivity index (χ3v) is 9.08. The van der Waals surface area contributed by atoms with Gasteiger partial charge in [-0.15, -0.1) is 0 Å². The normalized spacial score (nSPS) is 45.2. The smallest absolute Gasteiger partial charge is 0.726 e. The molecule has 32 heavy (non-hydrogen) atoms. The average Bonchev–Trinajstić information content (AvgIpc) is 2.91. The average molecular weight is 479 g/mol. The SMILES string of the molecule is C[C@@H]1C[C@H]2[C@@H]3CCC4=CC(=O)C=C[C@]4(C)[C@@]3(F)[C@@H](O)C[C@]2(C)[C@H]1C(=O)COS(=O)(=O)[O-].[Na+]. The van der Waals surface area contributed by atoms with Crippen LogP contribution in [-0.4, -0.2) is 48.0 Å². The number of Topliss-reactive ketones (excluding diaryl/α,β-unsaturated/α-hetero) is 1. The molecule has 172 valence electrons. The van der Waals surface area contributed by atoms with Gasteiger partial charge >= 0.3 is 29.6 Å². The van der Waals surface area contributed by atoms with Crippen LogP contribution in [0.4, 0.5) is 4.39 Å². The molecular weight excluding hydrogens is 450 g/mol. The molecule has 4 aliphatic rings. The van der Waals surface area contributed by atoms with Crippen LogP contribution in [0, 0.1) is 34.5 Å². The van der Waals surface area contributed by atoms with Gasteiger partial charge in [0.1, 0.15) is 6.61 Å². The second-order valence-electron chi connectivity index (χ2n) is 10.2. The number of allylic oxidation sites excluding steroid dienone is 4. The zero-order valence-electron chi connectivity index (χ0n) is 18.8. The fraction of sp³-hybridized carbons (Fsp3) is 0.727. The molecule has 10 heteroatoms. The molecule has 4 rings (SSSR count). The number of aliphatic hydroxyl groups excluding tert-OH is 1. The van der Waals surface area contributed by atoms with E-state index in [4.69, 9.17) is 0 Å². The van der Waals surface area contributed by atoms with Gasteiger partial charge in [0.25, 0.3) is 0 Å². The summed E-state index contributed by atoms with van der Waals surface area (Å²) in [5.41, 5.74) is -3.15. The molecule has 0 heterocycles. The van der Waals surface area contributed by atoms with Crippen LogP contribution in [0.5, 0.6) is 0 Å². The molecule has 8 atom stereocenters. The van der Waals surface area contributed by atoms with E-state index >= 15 is 4.39 Å². The topological polar surface area (TPSA) is 121 Å². The molecule has 0 aliphatic heterocycles. The molecule has 4 aliphatic carbocycles. The van der Waals surface area contributed by atoms with Gasteiger partial charge in [0.15, 0.2) is 17.2 Å². The Morgan fingerprint density at radius 3 is 2.62 bits per heavy atom. The number of ketones is 2. The Labute approximate surface area is 210 Å². The van der Waals surface area contributed by atoms with E-state index in [1.165, 1.54) is 12.2 Å². The molecule has 0 unspecified atom stereocenters. The van der Waals surface area contributed by atoms with Gasteiger partial charge < -0.3 is 9.66 Å². The van der Waals surface area contributed by atoms with E-state index < -0.39 is 57.2 Å². The quantitative estimate of drug-likeness (QED) is 0.321. The minimum absolute atomic E-state index is 0. The summed E-state index contributed by atoms with van der Waals surface area (Å²) in [5.74, 6) is -2.25. The molecule has 1 N–H and O–H groups in total. The summed E-state index contributed by atoms with van der Waals surface area (Å²) in [6.07, 6.45) is 4.62. The zero-order chi connectivity index (χ0) is 23.0. The Morgan fingerprint density at radius 1 is 1.34 bits per heavy atom. The summed E-state index contributed by atoms with van der Waals surface area (Å²) < 4.78 is 53.6. The molecule has 0 aromatic heterocycles. The summed E-state index contributed by atoms with van der Waals surface area (Å²) in [6, 6.07) is 0. The minimum atomic E-state index is -5.00. The first-order chi connectivity index (χ1) is 14.2. The first kappa shape index (κ1) is 26.2. The third kappa shape index (κ3) is 3.72. The van der Waals surface area contributed by atoms with E-state index in [2.05, 4.69) is 4.18 Å². The number of halogens is 1. The Morgan fingerprint density at radius 2 is 2.00 bits per heavy atom. The maximum atomic E-state index is 16.9. The number of rotatable bonds is 4. The third-order valence-electron chi connectivity index (χ3n) is 8.67. The molecular formula is C22H28FNaO7S. The van der Waals surface area contributed by atoms with Crippen LogP contribution in [0.2, 0.25) is 0 Å². The number of carbonyl (C=O) groups excluding carboxylic acids is 2. The van der Waals surface area contributed by atoms with Gasteiger partial charge in [0.2, 0.25) is 10.4 Å². The first-order valence-electron chi connectivity index (χ1n) is 10.7. The fourth-order valence-corrected chi connectivity index (χ4v) is 7.74. The molecule has 3 saturated carbocycles. The monoisotopic (exact) mass is 478 g/mol. The molecule has 3 fully saturated rings. The second kappa shape index (κ2) is 8.36. The summed E-state index contributed by atoms with van der Waals surface area (Å²) >= 11 is 0. The van der Waals surface area contributed by atoms with Crippen molar-refractivity contribution in [2.75, 3.05) is 6.61 Å².